The molecule has 0 radical (unpaired) electrons. The van der Waals surface area contributed by atoms with Gasteiger partial charge in [0, 0.05) is 0 Å². The maximum Gasteiger partial charge on any atom is 0.460 e. The highest BCUT2D eigenvalue weighted by Gasteiger charge is 2.97. The average molecular weight is 542 g/mol. The van der Waals surface area contributed by atoms with E-state index < -0.39 is 66.1 Å². The third kappa shape index (κ3) is 3.81. The van der Waals surface area contributed by atoms with Crippen LogP contribution in [0.3, 0.4) is 0 Å². The van der Waals surface area contributed by atoms with Crippen LogP contribution in [0.25, 0.3) is 0 Å². The standard InChI is InChI=1S/C12H5F19O2/c1-2-33-3(32)4(13,14)5(15,16)6(17,18)7(19,20)8(21,22)9(23,24)10(25,26)11(27,28)12(29,30)31/h2H2,1H3. The van der Waals surface area contributed by atoms with Crippen LogP contribution in [0.2, 0.25) is 0 Å². The number of hydrogen-bond donors (Lipinski definition) is 0. The van der Waals surface area contributed by atoms with Crippen LogP contribution in [0.4, 0.5) is 83.4 Å². The van der Waals surface area contributed by atoms with Crippen LogP contribution in [-0.4, -0.2) is 66.1 Å². The Bertz CT molecular complexity index is 734. The summed E-state index contributed by atoms with van der Waals surface area (Å²) in [7, 11) is 0. The normalized spacial score (nSPS) is 16.1. The molecule has 21 heteroatoms. The summed E-state index contributed by atoms with van der Waals surface area (Å²) < 4.78 is 249. The third-order valence-corrected chi connectivity index (χ3v) is 3.65. The maximum absolute atomic E-state index is 13.4. The molecule has 0 atom stereocenters. The minimum Gasteiger partial charge on any atom is -0.461 e. The number of hydrogen-bond acceptors (Lipinski definition) is 2. The van der Waals surface area contributed by atoms with Crippen molar-refractivity contribution in [2.75, 3.05) is 6.61 Å². The summed E-state index contributed by atoms with van der Waals surface area (Å²) in [6.45, 7) is -0.879. The Balaban J connectivity index is 6.92. The van der Waals surface area contributed by atoms with Gasteiger partial charge in [-0.05, 0) is 6.92 Å². The Morgan fingerprint density at radius 3 is 0.970 bits per heavy atom. The van der Waals surface area contributed by atoms with Crippen LogP contribution >= 0.6 is 0 Å². The van der Waals surface area contributed by atoms with E-state index in [2.05, 4.69) is 4.74 Å². The van der Waals surface area contributed by atoms with Gasteiger partial charge < -0.3 is 4.74 Å². The van der Waals surface area contributed by atoms with Gasteiger partial charge in [0.15, 0.2) is 0 Å². The van der Waals surface area contributed by atoms with Gasteiger partial charge in [-0.2, -0.15) is 83.4 Å². The lowest BCUT2D eigenvalue weighted by Gasteiger charge is -2.43. The Kier molecular flexibility index (Phi) is 7.40. The van der Waals surface area contributed by atoms with E-state index in [0.29, 0.717) is 6.92 Å². The van der Waals surface area contributed by atoms with Gasteiger partial charge >= 0.3 is 59.5 Å². The molecule has 0 saturated carbocycles. The summed E-state index contributed by atoms with van der Waals surface area (Å²) in [4.78, 5) is 10.6. The lowest BCUT2D eigenvalue weighted by molar-refractivity contribution is -0.467. The first-order chi connectivity index (χ1) is 14.0. The molecule has 0 heterocycles. The number of halogens is 19. The fourth-order valence-corrected chi connectivity index (χ4v) is 1.71. The van der Waals surface area contributed by atoms with E-state index in [1.54, 1.807) is 0 Å². The summed E-state index contributed by atoms with van der Waals surface area (Å²) in [6.07, 6.45) is -7.94. The zero-order chi connectivity index (χ0) is 27.5. The minimum atomic E-state index is -9.02. The average Bonchev–Trinajstić information content (AvgIpc) is 2.59. The van der Waals surface area contributed by atoms with Crippen molar-refractivity contribution in [3.63, 3.8) is 0 Å². The first-order valence-corrected chi connectivity index (χ1v) is 7.24. The summed E-state index contributed by atoms with van der Waals surface area (Å²) in [6, 6.07) is 0. The van der Waals surface area contributed by atoms with Crippen LogP contribution < -0.4 is 0 Å². The number of rotatable bonds is 9. The molecule has 0 aromatic carbocycles. The van der Waals surface area contributed by atoms with Crippen molar-refractivity contribution in [2.24, 2.45) is 0 Å². The molecule has 0 amide bonds. The molecule has 2 nitrogen and oxygen atoms in total. The predicted molar refractivity (Wildman–Crippen MR) is 62.3 cm³/mol. The monoisotopic (exact) mass is 542 g/mol. The van der Waals surface area contributed by atoms with Crippen LogP contribution in [-0.2, 0) is 9.53 Å². The first-order valence-electron chi connectivity index (χ1n) is 7.24. The largest absolute Gasteiger partial charge is 0.461 e. The molecule has 0 saturated heterocycles. The molecule has 33 heavy (non-hydrogen) atoms. The number of esters is 1. The highest BCUT2D eigenvalue weighted by atomic mass is 19.4. The van der Waals surface area contributed by atoms with Gasteiger partial charge in [0.25, 0.3) is 0 Å². The summed E-state index contributed by atoms with van der Waals surface area (Å²) >= 11 is 0. The van der Waals surface area contributed by atoms with Crippen molar-refractivity contribution in [3.8, 4) is 0 Å². The summed E-state index contributed by atoms with van der Waals surface area (Å²) in [5, 5.41) is 0. The summed E-state index contributed by atoms with van der Waals surface area (Å²) in [5.74, 6) is -72.1. The highest BCUT2D eigenvalue weighted by Crippen LogP contribution is 2.65. The van der Waals surface area contributed by atoms with Crippen molar-refractivity contribution in [1.82, 2.24) is 0 Å². The molecule has 0 N–H and O–H groups in total. The smallest absolute Gasteiger partial charge is 0.460 e. The fourth-order valence-electron chi connectivity index (χ4n) is 1.71. The molecular weight excluding hydrogens is 537 g/mol. The van der Waals surface area contributed by atoms with Gasteiger partial charge in [0.05, 0.1) is 6.61 Å². The second kappa shape index (κ2) is 7.84. The van der Waals surface area contributed by atoms with E-state index >= 15 is 0 Å². The van der Waals surface area contributed by atoms with Gasteiger partial charge in [0.2, 0.25) is 0 Å². The second-order valence-electron chi connectivity index (χ2n) is 5.81. The van der Waals surface area contributed by atoms with E-state index in [1.165, 1.54) is 0 Å². The number of ether oxygens (including phenoxy) is 1. The highest BCUT2D eigenvalue weighted by molar-refractivity contribution is 5.79. The molecular formula is C12H5F19O2. The molecule has 0 spiro atoms. The number of carbonyl (C=O) groups is 1. The van der Waals surface area contributed by atoms with Crippen molar-refractivity contribution in [1.29, 1.82) is 0 Å². The van der Waals surface area contributed by atoms with E-state index in [4.69, 9.17) is 0 Å². The van der Waals surface area contributed by atoms with E-state index in [0.717, 1.165) is 0 Å². The molecule has 0 aliphatic rings. The number of alkyl halides is 19. The molecule has 0 aliphatic carbocycles. The van der Waals surface area contributed by atoms with Gasteiger partial charge in [-0.15, -0.1) is 0 Å². The van der Waals surface area contributed by atoms with Gasteiger partial charge in [-0.25, -0.2) is 4.79 Å². The Labute approximate surface area is 167 Å². The third-order valence-electron chi connectivity index (χ3n) is 3.65. The topological polar surface area (TPSA) is 26.3 Å². The van der Waals surface area contributed by atoms with Crippen LogP contribution in [0.5, 0.6) is 0 Å². The molecule has 0 unspecified atom stereocenters. The van der Waals surface area contributed by atoms with E-state index in [9.17, 15) is 88.2 Å². The Morgan fingerprint density at radius 2 is 0.727 bits per heavy atom. The summed E-state index contributed by atoms with van der Waals surface area (Å²) in [5.41, 5.74) is 0. The molecule has 0 rings (SSSR count). The second-order valence-corrected chi connectivity index (χ2v) is 5.81. The lowest BCUT2D eigenvalue weighted by Crippen LogP contribution is -2.76. The molecule has 0 bridgehead atoms. The Hall–Kier alpha value is -1.86. The SMILES string of the molecule is CCOC(=O)C(F)(F)C(F)(F)C(F)(F)C(F)(F)C(F)(F)C(F)(F)C(F)(F)C(F)(F)C(F)(F)F. The van der Waals surface area contributed by atoms with Gasteiger partial charge in [0.1, 0.15) is 0 Å². The lowest BCUT2D eigenvalue weighted by atomic mass is 9.87. The van der Waals surface area contributed by atoms with Crippen molar-refractivity contribution in [2.45, 2.75) is 60.5 Å². The fraction of sp³-hybridized carbons (Fsp3) is 0.917. The van der Waals surface area contributed by atoms with Crippen LogP contribution in [0, 0.1) is 0 Å². The van der Waals surface area contributed by atoms with Gasteiger partial charge in [-0.1, -0.05) is 0 Å². The van der Waals surface area contributed by atoms with Gasteiger partial charge in [-0.3, -0.25) is 0 Å². The first kappa shape index (κ1) is 31.1. The zero-order valence-corrected chi connectivity index (χ0v) is 14.7. The molecule has 0 aromatic heterocycles. The van der Waals surface area contributed by atoms with Crippen molar-refractivity contribution in [3.05, 3.63) is 0 Å². The minimum absolute atomic E-state index is 0.510. The molecule has 0 aromatic rings. The predicted octanol–water partition coefficient (Wildman–Crippen LogP) is 6.19. The number of carbonyl (C=O) groups excluding carboxylic acids is 1. The zero-order valence-electron chi connectivity index (χ0n) is 14.7. The quantitative estimate of drug-likeness (QED) is 0.257. The van der Waals surface area contributed by atoms with Crippen molar-refractivity contribution < 1.29 is 92.9 Å². The van der Waals surface area contributed by atoms with Crippen LogP contribution in [0.15, 0.2) is 0 Å². The van der Waals surface area contributed by atoms with Crippen molar-refractivity contribution >= 4 is 5.97 Å². The molecule has 0 fully saturated rings. The maximum atomic E-state index is 13.4. The molecule has 0 aliphatic heterocycles. The van der Waals surface area contributed by atoms with Crippen LogP contribution in [0.1, 0.15) is 6.92 Å². The van der Waals surface area contributed by atoms with E-state index in [1.807, 2.05) is 0 Å². The Morgan fingerprint density at radius 1 is 0.485 bits per heavy atom. The molecule has 198 valence electrons. The van der Waals surface area contributed by atoms with E-state index in [-0.39, 0.29) is 0 Å².